The maximum atomic E-state index is 12.0. The molecule has 2 atom stereocenters. The zero-order valence-electron chi connectivity index (χ0n) is 10.1. The summed E-state index contributed by atoms with van der Waals surface area (Å²) in [5.74, 6) is 1.60. The standard InChI is InChI=1S/C11H17N3O3S/c15-7-8-3-1-5-10-12-13-11(14(8)10)9-4-2-6-18(9,16)17/h8-9,15H,1-7H2. The molecule has 0 bridgehead atoms. The zero-order chi connectivity index (χ0) is 12.8. The van der Waals surface area contributed by atoms with Crippen LogP contribution in [-0.4, -0.2) is 40.6 Å². The van der Waals surface area contributed by atoms with Crippen molar-refractivity contribution in [1.82, 2.24) is 14.8 Å². The van der Waals surface area contributed by atoms with Crippen LogP contribution in [0.2, 0.25) is 0 Å². The van der Waals surface area contributed by atoms with E-state index in [1.54, 1.807) is 0 Å². The van der Waals surface area contributed by atoms with Gasteiger partial charge in [0, 0.05) is 6.42 Å². The smallest absolute Gasteiger partial charge is 0.160 e. The first-order valence-corrected chi connectivity index (χ1v) is 8.11. The van der Waals surface area contributed by atoms with Crippen LogP contribution in [-0.2, 0) is 16.3 Å². The summed E-state index contributed by atoms with van der Waals surface area (Å²) < 4.78 is 25.9. The van der Waals surface area contributed by atoms with Gasteiger partial charge in [-0.05, 0) is 25.7 Å². The summed E-state index contributed by atoms with van der Waals surface area (Å²) in [6.45, 7) is 0.0187. The van der Waals surface area contributed by atoms with Gasteiger partial charge in [-0.25, -0.2) is 8.42 Å². The number of sulfone groups is 1. The van der Waals surface area contributed by atoms with E-state index in [4.69, 9.17) is 0 Å². The van der Waals surface area contributed by atoms with Gasteiger partial charge < -0.3 is 9.67 Å². The van der Waals surface area contributed by atoms with Crippen LogP contribution >= 0.6 is 0 Å². The van der Waals surface area contributed by atoms with Crippen LogP contribution in [0, 0.1) is 0 Å². The van der Waals surface area contributed by atoms with Crippen molar-refractivity contribution in [3.05, 3.63) is 11.6 Å². The zero-order valence-corrected chi connectivity index (χ0v) is 10.9. The van der Waals surface area contributed by atoms with Crippen molar-refractivity contribution in [3.8, 4) is 0 Å². The third-order valence-electron chi connectivity index (χ3n) is 3.92. The summed E-state index contributed by atoms with van der Waals surface area (Å²) >= 11 is 0. The summed E-state index contributed by atoms with van der Waals surface area (Å²) in [5.41, 5.74) is 0. The lowest BCUT2D eigenvalue weighted by Crippen LogP contribution is -2.25. The topological polar surface area (TPSA) is 85.1 Å². The lowest BCUT2D eigenvalue weighted by molar-refractivity contribution is 0.203. The number of hydrogen-bond donors (Lipinski definition) is 1. The Bertz CT molecular complexity index is 552. The number of aliphatic hydroxyl groups is 1. The number of fused-ring (bicyclic) bond motifs is 1. The number of rotatable bonds is 2. The molecule has 100 valence electrons. The van der Waals surface area contributed by atoms with Gasteiger partial charge in [0.1, 0.15) is 11.1 Å². The Kier molecular flexibility index (Phi) is 2.90. The van der Waals surface area contributed by atoms with Crippen molar-refractivity contribution in [2.75, 3.05) is 12.4 Å². The van der Waals surface area contributed by atoms with Gasteiger partial charge in [0.05, 0.1) is 18.4 Å². The third-order valence-corrected chi connectivity index (χ3v) is 6.09. The molecule has 1 saturated heterocycles. The van der Waals surface area contributed by atoms with E-state index >= 15 is 0 Å². The van der Waals surface area contributed by atoms with Crippen LogP contribution < -0.4 is 0 Å². The Morgan fingerprint density at radius 3 is 2.78 bits per heavy atom. The van der Waals surface area contributed by atoms with E-state index in [9.17, 15) is 13.5 Å². The van der Waals surface area contributed by atoms with Crippen molar-refractivity contribution in [2.24, 2.45) is 0 Å². The van der Waals surface area contributed by atoms with Gasteiger partial charge in [0.25, 0.3) is 0 Å². The first-order chi connectivity index (χ1) is 8.63. The summed E-state index contributed by atoms with van der Waals surface area (Å²) in [4.78, 5) is 0. The molecule has 2 unspecified atom stereocenters. The molecule has 7 heteroatoms. The number of nitrogens with zero attached hydrogens (tertiary/aromatic N) is 3. The van der Waals surface area contributed by atoms with Crippen molar-refractivity contribution in [2.45, 2.75) is 43.4 Å². The molecule has 1 aromatic heterocycles. The number of aromatic nitrogens is 3. The van der Waals surface area contributed by atoms with Crippen LogP contribution in [0.4, 0.5) is 0 Å². The van der Waals surface area contributed by atoms with E-state index in [1.165, 1.54) is 0 Å². The molecule has 6 nitrogen and oxygen atoms in total. The monoisotopic (exact) mass is 271 g/mol. The molecular weight excluding hydrogens is 254 g/mol. The Hall–Kier alpha value is -0.950. The maximum absolute atomic E-state index is 12.0. The van der Waals surface area contributed by atoms with Gasteiger partial charge in [0.15, 0.2) is 15.7 Å². The molecule has 3 heterocycles. The van der Waals surface area contributed by atoms with Crippen molar-refractivity contribution in [3.63, 3.8) is 0 Å². The molecule has 0 radical (unpaired) electrons. The summed E-state index contributed by atoms with van der Waals surface area (Å²) in [6.07, 6.45) is 3.97. The fourth-order valence-corrected chi connectivity index (χ4v) is 4.87. The molecule has 0 saturated carbocycles. The van der Waals surface area contributed by atoms with E-state index in [1.807, 2.05) is 4.57 Å². The normalized spacial score (nSPS) is 30.3. The fourth-order valence-electron chi connectivity index (χ4n) is 3.00. The van der Waals surface area contributed by atoms with Crippen LogP contribution in [0.5, 0.6) is 0 Å². The molecule has 18 heavy (non-hydrogen) atoms. The van der Waals surface area contributed by atoms with Crippen LogP contribution in [0.1, 0.15) is 48.6 Å². The number of hydrogen-bond acceptors (Lipinski definition) is 5. The minimum absolute atomic E-state index is 0.0187. The maximum Gasteiger partial charge on any atom is 0.160 e. The second-order valence-corrected chi connectivity index (χ2v) is 7.37. The lowest BCUT2D eigenvalue weighted by atomic mass is 10.0. The van der Waals surface area contributed by atoms with Crippen molar-refractivity contribution < 1.29 is 13.5 Å². The molecule has 1 aromatic rings. The van der Waals surface area contributed by atoms with Crippen molar-refractivity contribution >= 4 is 9.84 Å². The third kappa shape index (κ3) is 1.76. The quantitative estimate of drug-likeness (QED) is 0.841. The van der Waals surface area contributed by atoms with E-state index < -0.39 is 15.1 Å². The average molecular weight is 271 g/mol. The Morgan fingerprint density at radius 1 is 1.28 bits per heavy atom. The Labute approximate surface area is 106 Å². The van der Waals surface area contributed by atoms with Crippen LogP contribution in [0.3, 0.4) is 0 Å². The second kappa shape index (κ2) is 4.31. The van der Waals surface area contributed by atoms with E-state index in [0.717, 1.165) is 25.1 Å². The highest BCUT2D eigenvalue weighted by molar-refractivity contribution is 7.91. The van der Waals surface area contributed by atoms with Gasteiger partial charge in [-0.1, -0.05) is 0 Å². The molecule has 0 amide bonds. The predicted octanol–water partition coefficient (Wildman–Crippen LogP) is 0.397. The van der Waals surface area contributed by atoms with Crippen LogP contribution in [0.25, 0.3) is 0 Å². The van der Waals surface area contributed by atoms with Crippen LogP contribution in [0.15, 0.2) is 0 Å². The minimum atomic E-state index is -3.08. The number of aliphatic hydroxyl groups excluding tert-OH is 1. The highest BCUT2D eigenvalue weighted by Gasteiger charge is 2.38. The van der Waals surface area contributed by atoms with Gasteiger partial charge in [-0.15, -0.1) is 10.2 Å². The molecule has 1 N–H and O–H groups in total. The van der Waals surface area contributed by atoms with E-state index in [2.05, 4.69) is 10.2 Å². The number of aryl methyl sites for hydroxylation is 1. The first kappa shape index (κ1) is 12.1. The highest BCUT2D eigenvalue weighted by atomic mass is 32.2. The Morgan fingerprint density at radius 2 is 2.11 bits per heavy atom. The first-order valence-electron chi connectivity index (χ1n) is 6.39. The minimum Gasteiger partial charge on any atom is -0.394 e. The fraction of sp³-hybridized carbons (Fsp3) is 0.818. The summed E-state index contributed by atoms with van der Waals surface area (Å²) in [6, 6.07) is -0.0606. The molecule has 0 aromatic carbocycles. The molecule has 0 spiro atoms. The summed E-state index contributed by atoms with van der Waals surface area (Å²) in [5, 5.41) is 17.1. The largest absolute Gasteiger partial charge is 0.394 e. The average Bonchev–Trinajstić information content (AvgIpc) is 2.91. The summed E-state index contributed by atoms with van der Waals surface area (Å²) in [7, 11) is -3.08. The molecule has 2 aliphatic rings. The molecular formula is C11H17N3O3S. The van der Waals surface area contributed by atoms with E-state index in [-0.39, 0.29) is 18.4 Å². The molecule has 1 fully saturated rings. The molecule has 2 aliphatic heterocycles. The van der Waals surface area contributed by atoms with Gasteiger partial charge in [-0.3, -0.25) is 0 Å². The predicted molar refractivity (Wildman–Crippen MR) is 64.8 cm³/mol. The lowest BCUT2D eigenvalue weighted by Gasteiger charge is -2.25. The molecule has 0 aliphatic carbocycles. The Balaban J connectivity index is 2.06. The second-order valence-electron chi connectivity index (χ2n) is 5.07. The van der Waals surface area contributed by atoms with E-state index in [0.29, 0.717) is 18.7 Å². The highest BCUT2D eigenvalue weighted by Crippen LogP contribution is 2.36. The van der Waals surface area contributed by atoms with Gasteiger partial charge >= 0.3 is 0 Å². The van der Waals surface area contributed by atoms with Gasteiger partial charge in [0.2, 0.25) is 0 Å². The molecule has 3 rings (SSSR count). The van der Waals surface area contributed by atoms with Crippen molar-refractivity contribution in [1.29, 1.82) is 0 Å². The SMILES string of the molecule is O=S1(=O)CCCC1c1nnc2n1C(CO)CCC2. The van der Waals surface area contributed by atoms with Gasteiger partial charge in [-0.2, -0.15) is 0 Å².